The molecule has 0 saturated carbocycles. The highest BCUT2D eigenvalue weighted by molar-refractivity contribution is 6.33. The number of alkyl halides is 3. The quantitative estimate of drug-likeness (QED) is 0.534. The molecule has 0 radical (unpaired) electrons. The van der Waals surface area contributed by atoms with Gasteiger partial charge in [0, 0.05) is 24.5 Å². The number of nitrogens with zero attached hydrogens (tertiary/aromatic N) is 3. The number of nitrogens with one attached hydrogen (secondary N) is 1. The standard InChI is InChI=1S/C14H8ClF5N4O/c15-11-10(9-7(16)3-6(25)4-8(9)17)12(22-5-14(18,19)20)24-2-1-21-13(24)23-11/h1-4,22,25H,5H2. The van der Waals surface area contributed by atoms with Gasteiger partial charge in [0.2, 0.25) is 5.78 Å². The fraction of sp³-hybridized carbons (Fsp3) is 0.143. The van der Waals surface area contributed by atoms with Crippen LogP contribution in [0, 0.1) is 11.6 Å². The summed E-state index contributed by atoms with van der Waals surface area (Å²) in [4.78, 5) is 7.62. The van der Waals surface area contributed by atoms with Gasteiger partial charge in [0.05, 0.1) is 11.1 Å². The number of aromatic hydroxyl groups is 1. The number of benzene rings is 1. The Hall–Kier alpha value is -2.62. The lowest BCUT2D eigenvalue weighted by molar-refractivity contribution is -0.115. The van der Waals surface area contributed by atoms with Gasteiger partial charge in [-0.3, -0.25) is 4.40 Å². The van der Waals surface area contributed by atoms with E-state index in [-0.39, 0.29) is 11.6 Å². The van der Waals surface area contributed by atoms with Crippen molar-refractivity contribution in [3.05, 3.63) is 41.3 Å². The molecule has 0 aliphatic carbocycles. The molecule has 3 aromatic rings. The molecule has 0 bridgehead atoms. The lowest BCUT2D eigenvalue weighted by Crippen LogP contribution is -2.23. The summed E-state index contributed by atoms with van der Waals surface area (Å²) in [5, 5.41) is 10.9. The molecule has 0 spiro atoms. The number of aromatic nitrogens is 3. The van der Waals surface area contributed by atoms with Crippen LogP contribution in [0.25, 0.3) is 16.9 Å². The molecule has 2 aromatic heterocycles. The minimum Gasteiger partial charge on any atom is -0.508 e. The monoisotopic (exact) mass is 378 g/mol. The van der Waals surface area contributed by atoms with Crippen molar-refractivity contribution < 1.29 is 27.1 Å². The van der Waals surface area contributed by atoms with Gasteiger partial charge < -0.3 is 10.4 Å². The van der Waals surface area contributed by atoms with Crippen LogP contribution in [0.15, 0.2) is 24.5 Å². The van der Waals surface area contributed by atoms with Crippen molar-refractivity contribution in [2.24, 2.45) is 0 Å². The fourth-order valence-electron chi connectivity index (χ4n) is 2.29. The lowest BCUT2D eigenvalue weighted by Gasteiger charge is -2.17. The van der Waals surface area contributed by atoms with E-state index in [4.69, 9.17) is 11.6 Å². The van der Waals surface area contributed by atoms with Crippen LogP contribution >= 0.6 is 11.6 Å². The first-order valence-electron chi connectivity index (χ1n) is 6.69. The first-order valence-corrected chi connectivity index (χ1v) is 7.07. The van der Waals surface area contributed by atoms with E-state index in [1.165, 1.54) is 12.4 Å². The second-order valence-corrected chi connectivity index (χ2v) is 5.33. The van der Waals surface area contributed by atoms with E-state index in [1.807, 2.05) is 0 Å². The number of hydrogen-bond acceptors (Lipinski definition) is 4. The Balaban J connectivity index is 2.29. The normalized spacial score (nSPS) is 11.9. The third-order valence-corrected chi connectivity index (χ3v) is 3.51. The highest BCUT2D eigenvalue weighted by Gasteiger charge is 2.29. The Morgan fingerprint density at radius 1 is 1.16 bits per heavy atom. The Morgan fingerprint density at radius 3 is 2.40 bits per heavy atom. The van der Waals surface area contributed by atoms with Crippen molar-refractivity contribution in [2.75, 3.05) is 11.9 Å². The highest BCUT2D eigenvalue weighted by Crippen LogP contribution is 2.39. The minimum atomic E-state index is -4.59. The fourth-order valence-corrected chi connectivity index (χ4v) is 2.55. The first kappa shape index (κ1) is 17.2. The van der Waals surface area contributed by atoms with E-state index in [1.54, 1.807) is 0 Å². The van der Waals surface area contributed by atoms with Crippen molar-refractivity contribution in [2.45, 2.75) is 6.18 Å². The van der Waals surface area contributed by atoms with Gasteiger partial charge in [0.25, 0.3) is 0 Å². The maximum absolute atomic E-state index is 14.2. The van der Waals surface area contributed by atoms with E-state index in [0.29, 0.717) is 12.1 Å². The topological polar surface area (TPSA) is 62.5 Å². The van der Waals surface area contributed by atoms with Gasteiger partial charge in [0.15, 0.2) is 0 Å². The molecule has 0 saturated heterocycles. The maximum atomic E-state index is 14.2. The predicted octanol–water partition coefficient (Wildman–Crippen LogP) is 4.01. The smallest absolute Gasteiger partial charge is 0.405 e. The van der Waals surface area contributed by atoms with E-state index < -0.39 is 46.4 Å². The molecule has 2 heterocycles. The van der Waals surface area contributed by atoms with Crippen LogP contribution in [0.3, 0.4) is 0 Å². The summed E-state index contributed by atoms with van der Waals surface area (Å²) in [6.45, 7) is -1.48. The molecule has 0 unspecified atom stereocenters. The molecule has 5 nitrogen and oxygen atoms in total. The van der Waals surface area contributed by atoms with Crippen molar-refractivity contribution in [3.63, 3.8) is 0 Å². The number of anilines is 1. The van der Waals surface area contributed by atoms with Crippen molar-refractivity contribution in [3.8, 4) is 16.9 Å². The zero-order chi connectivity index (χ0) is 18.4. The molecule has 0 fully saturated rings. The zero-order valence-corrected chi connectivity index (χ0v) is 12.8. The number of phenols is 1. The Morgan fingerprint density at radius 2 is 1.80 bits per heavy atom. The van der Waals surface area contributed by atoms with E-state index in [2.05, 4.69) is 15.3 Å². The summed E-state index contributed by atoms with van der Waals surface area (Å²) in [6.07, 6.45) is -2.09. The van der Waals surface area contributed by atoms with Gasteiger partial charge in [-0.05, 0) is 0 Å². The van der Waals surface area contributed by atoms with Gasteiger partial charge >= 0.3 is 6.18 Å². The number of imidazole rings is 1. The second kappa shape index (κ2) is 6.03. The van der Waals surface area contributed by atoms with Crippen LogP contribution in [-0.4, -0.2) is 32.2 Å². The van der Waals surface area contributed by atoms with Gasteiger partial charge in [-0.25, -0.2) is 13.8 Å². The van der Waals surface area contributed by atoms with Crippen LogP contribution in [0.5, 0.6) is 5.75 Å². The van der Waals surface area contributed by atoms with Crippen LogP contribution < -0.4 is 5.32 Å². The number of fused-ring (bicyclic) bond motifs is 1. The summed E-state index contributed by atoms with van der Waals surface area (Å²) < 4.78 is 67.3. The summed E-state index contributed by atoms with van der Waals surface area (Å²) in [7, 11) is 0. The average molecular weight is 379 g/mol. The number of halogens is 6. The van der Waals surface area contributed by atoms with Gasteiger partial charge in [-0.1, -0.05) is 11.6 Å². The Labute approximate surface area is 141 Å². The van der Waals surface area contributed by atoms with Crippen molar-refractivity contribution in [1.82, 2.24) is 14.4 Å². The van der Waals surface area contributed by atoms with Gasteiger partial charge in [-0.2, -0.15) is 18.2 Å². The van der Waals surface area contributed by atoms with E-state index in [9.17, 15) is 27.1 Å². The molecule has 11 heteroatoms. The summed E-state index contributed by atoms with van der Waals surface area (Å²) >= 11 is 5.95. The third-order valence-electron chi connectivity index (χ3n) is 3.24. The van der Waals surface area contributed by atoms with Crippen molar-refractivity contribution in [1.29, 1.82) is 0 Å². The van der Waals surface area contributed by atoms with E-state index in [0.717, 1.165) is 4.40 Å². The summed E-state index contributed by atoms with van der Waals surface area (Å²) in [6, 6.07) is 1.22. The molecule has 0 atom stereocenters. The SMILES string of the molecule is Oc1cc(F)c(-c2c(Cl)nc3nccn3c2NCC(F)(F)F)c(F)c1. The molecule has 25 heavy (non-hydrogen) atoms. The van der Waals surface area contributed by atoms with Crippen LogP contribution in [0.4, 0.5) is 27.8 Å². The molecule has 0 amide bonds. The molecule has 0 aliphatic rings. The number of rotatable bonds is 3. The second-order valence-electron chi connectivity index (χ2n) is 4.98. The zero-order valence-electron chi connectivity index (χ0n) is 12.1. The Bertz CT molecular complexity index is 933. The van der Waals surface area contributed by atoms with Crippen LogP contribution in [0.1, 0.15) is 0 Å². The molecule has 132 valence electrons. The lowest BCUT2D eigenvalue weighted by atomic mass is 10.1. The minimum absolute atomic E-state index is 0.0574. The Kier molecular flexibility index (Phi) is 4.15. The molecule has 3 rings (SSSR count). The predicted molar refractivity (Wildman–Crippen MR) is 79.6 cm³/mol. The van der Waals surface area contributed by atoms with Gasteiger partial charge in [0.1, 0.15) is 34.9 Å². The number of hydrogen-bond donors (Lipinski definition) is 2. The average Bonchev–Trinajstić information content (AvgIpc) is 2.92. The molecule has 0 aliphatic heterocycles. The van der Waals surface area contributed by atoms with Gasteiger partial charge in [-0.15, -0.1) is 0 Å². The number of phenolic OH excluding ortho intramolecular Hbond substituents is 1. The highest BCUT2D eigenvalue weighted by atomic mass is 35.5. The molecule has 2 N–H and O–H groups in total. The van der Waals surface area contributed by atoms with Crippen molar-refractivity contribution >= 4 is 23.2 Å². The van der Waals surface area contributed by atoms with Crippen LogP contribution in [-0.2, 0) is 0 Å². The first-order chi connectivity index (χ1) is 11.7. The summed E-state index contributed by atoms with van der Waals surface area (Å²) in [5.74, 6) is -3.51. The molecule has 1 aromatic carbocycles. The van der Waals surface area contributed by atoms with Crippen LogP contribution in [0.2, 0.25) is 5.15 Å². The third kappa shape index (κ3) is 3.29. The largest absolute Gasteiger partial charge is 0.508 e. The molecular formula is C14H8ClF5N4O. The summed E-state index contributed by atoms with van der Waals surface area (Å²) in [5.41, 5.74) is -1.15. The molecular weight excluding hydrogens is 371 g/mol. The maximum Gasteiger partial charge on any atom is 0.405 e. The van der Waals surface area contributed by atoms with E-state index >= 15 is 0 Å².